The first kappa shape index (κ1) is 44.4. The second-order valence-corrected chi connectivity index (χ2v) is 19.6. The molecule has 0 unspecified atom stereocenters. The highest BCUT2D eigenvalue weighted by Crippen LogP contribution is 2.54. The molecule has 0 radical (unpaired) electrons. The lowest BCUT2D eigenvalue weighted by Gasteiger charge is -2.47. The summed E-state index contributed by atoms with van der Waals surface area (Å²) < 4.78 is 72.1. The zero-order valence-corrected chi connectivity index (χ0v) is 36.8. The first-order valence-corrected chi connectivity index (χ1v) is 23.6. The number of Topliss-reactive ketones (excluding diaryl/α,β-unsaturated/α-hetero) is 1. The van der Waals surface area contributed by atoms with Gasteiger partial charge in [-0.2, -0.15) is 0 Å². The van der Waals surface area contributed by atoms with Crippen molar-refractivity contribution < 1.29 is 61.7 Å². The Balaban J connectivity index is 0.940. The van der Waals surface area contributed by atoms with Gasteiger partial charge in [-0.25, -0.2) is 0 Å². The van der Waals surface area contributed by atoms with Crippen molar-refractivity contribution in [1.82, 2.24) is 5.32 Å². The van der Waals surface area contributed by atoms with Crippen molar-refractivity contribution in [2.75, 3.05) is 33.9 Å². The van der Waals surface area contributed by atoms with Crippen molar-refractivity contribution in [3.05, 3.63) is 24.3 Å². The van der Waals surface area contributed by atoms with Gasteiger partial charge in [0.05, 0.1) is 80.3 Å². The average molecular weight is 858 g/mol. The second kappa shape index (κ2) is 19.0. The van der Waals surface area contributed by atoms with Crippen molar-refractivity contribution in [3.63, 3.8) is 0 Å². The second-order valence-electron chi connectivity index (χ2n) is 19.6. The van der Waals surface area contributed by atoms with Crippen LogP contribution in [0.15, 0.2) is 24.3 Å². The molecule has 0 saturated carbocycles. The maximum absolute atomic E-state index is 14.3. The number of unbranched alkanes of at least 4 members (excludes halogenated alkanes) is 1. The van der Waals surface area contributed by atoms with Crippen LogP contribution >= 0.6 is 0 Å². The van der Waals surface area contributed by atoms with Gasteiger partial charge in [0.2, 0.25) is 0 Å². The van der Waals surface area contributed by atoms with Gasteiger partial charge >= 0.3 is 5.97 Å². The molecule has 1 N–H and O–H groups in total. The number of carbonyl (C=O) groups is 2. The topological polar surface area (TPSA) is 148 Å². The van der Waals surface area contributed by atoms with Crippen molar-refractivity contribution in [2.45, 2.75) is 214 Å². The number of carbonyl (C=O) groups excluding carboxylic acids is 2. The highest BCUT2D eigenvalue weighted by Gasteiger charge is 2.68. The fourth-order valence-electron chi connectivity index (χ4n) is 12.2. The van der Waals surface area contributed by atoms with E-state index in [0.29, 0.717) is 45.3 Å². The first-order valence-electron chi connectivity index (χ1n) is 23.6. The summed E-state index contributed by atoms with van der Waals surface area (Å²) in [5, 5.41) is 3.20. The lowest BCUT2D eigenvalue weighted by atomic mass is 9.81. The number of ketones is 1. The minimum Gasteiger partial charge on any atom is -0.465 e. The molecule has 1 spiro atoms. The number of esters is 1. The Morgan fingerprint density at radius 1 is 0.820 bits per heavy atom. The summed E-state index contributed by atoms with van der Waals surface area (Å²) in [5.74, 6) is -0.932. The SMILES string of the molecule is C=C1C[C@@H]2CC[C@@]34C[C@H]5O[C@H]6[C@@H](O3)[C@H]3O[C@H](CC[C@@H]3O[C@H]6[C@H]5O4)CC(=O)C[C@@H]3[C@@H](OC)[C@@H](C[C@@H](CNCC(=O)OCCCC)OC)O[C@H]3C[C@H]3O[C@@H](CC[C@@H]1O2)C[C@@H](C)C3=C. The van der Waals surface area contributed by atoms with E-state index in [-0.39, 0.29) is 141 Å². The smallest absolute Gasteiger partial charge is 0.319 e. The summed E-state index contributed by atoms with van der Waals surface area (Å²) in [5.41, 5.74) is 2.20. The minimum absolute atomic E-state index is 0.0288. The van der Waals surface area contributed by atoms with E-state index < -0.39 is 5.79 Å². The van der Waals surface area contributed by atoms with E-state index in [1.807, 2.05) is 0 Å². The normalized spacial score (nSPS) is 46.3. The Morgan fingerprint density at radius 3 is 2.41 bits per heavy atom. The number of rotatable bonds is 11. The van der Waals surface area contributed by atoms with Gasteiger partial charge in [0, 0.05) is 65.2 Å². The van der Waals surface area contributed by atoms with Gasteiger partial charge < -0.3 is 57.4 Å². The molecule has 0 aromatic rings. The number of ether oxygens (including phenoxy) is 11. The van der Waals surface area contributed by atoms with Crippen LogP contribution in [0.2, 0.25) is 0 Å². The van der Waals surface area contributed by atoms with Crippen LogP contribution in [0.4, 0.5) is 0 Å². The fourth-order valence-corrected chi connectivity index (χ4v) is 12.2. The van der Waals surface area contributed by atoms with E-state index in [9.17, 15) is 9.59 Å². The van der Waals surface area contributed by atoms with E-state index >= 15 is 0 Å². The molecule has 0 aromatic carbocycles. The molecule has 12 bridgehead atoms. The number of nitrogens with one attached hydrogen (secondary N) is 1. The van der Waals surface area contributed by atoms with Gasteiger partial charge in [-0.05, 0) is 68.4 Å². The van der Waals surface area contributed by atoms with E-state index in [1.165, 1.54) is 0 Å². The van der Waals surface area contributed by atoms with Gasteiger partial charge in [-0.1, -0.05) is 33.4 Å². The predicted molar refractivity (Wildman–Crippen MR) is 221 cm³/mol. The maximum atomic E-state index is 14.3. The molecular formula is C47H71NO13. The fraction of sp³-hybridized carbons (Fsp3) is 0.872. The Kier molecular flexibility index (Phi) is 13.8. The van der Waals surface area contributed by atoms with Crippen LogP contribution in [0.1, 0.15) is 110 Å². The number of hydrogen-bond donors (Lipinski definition) is 1. The Morgan fingerprint density at radius 2 is 1.59 bits per heavy atom. The zero-order chi connectivity index (χ0) is 42.4. The van der Waals surface area contributed by atoms with Crippen molar-refractivity contribution in [3.8, 4) is 0 Å². The summed E-state index contributed by atoms with van der Waals surface area (Å²) in [7, 11) is 3.36. The third-order valence-corrected chi connectivity index (χ3v) is 15.4. The molecule has 10 aliphatic rings. The predicted octanol–water partition coefficient (Wildman–Crippen LogP) is 5.07. The van der Waals surface area contributed by atoms with E-state index in [2.05, 4.69) is 32.3 Å². The maximum Gasteiger partial charge on any atom is 0.319 e. The van der Waals surface area contributed by atoms with Crippen LogP contribution < -0.4 is 5.32 Å². The summed E-state index contributed by atoms with van der Waals surface area (Å²) in [6.07, 6.45) is 7.12. The summed E-state index contributed by atoms with van der Waals surface area (Å²) in [6, 6.07) is 0. The monoisotopic (exact) mass is 857 g/mol. The molecule has 10 fully saturated rings. The molecule has 0 aromatic heterocycles. The molecule has 10 rings (SSSR count). The van der Waals surface area contributed by atoms with Crippen LogP contribution in [-0.4, -0.2) is 149 Å². The standard InChI is InChI=1S/C47H71NO13/c1-7-8-15-53-40(50)24-48-23-32(51-5)20-38-41(52-6)33-19-28(49)18-30-10-12-35-42(56-30)46-45-44(58-35)43-39(59-45)22-47(60-43,61-46)14-13-31-17-26(3)34(54-31)11-9-29-16-25(2)27(4)36(55-29)21-37(33)57-38/h25,29-39,41-46,48H,3-4,7-24H2,1-2,5-6H3/t25-,29+,30-,31+,32+,33+,34+,35+,36-,37+,38-,39-,41-,42+,43+,44+,45-,46+,47+/m1/s1. The molecule has 14 heteroatoms. The van der Waals surface area contributed by atoms with Crippen LogP contribution in [0.3, 0.4) is 0 Å². The van der Waals surface area contributed by atoms with Gasteiger partial charge in [0.1, 0.15) is 36.3 Å². The van der Waals surface area contributed by atoms with Gasteiger partial charge in [-0.15, -0.1) is 0 Å². The first-order chi connectivity index (χ1) is 29.5. The molecule has 14 nitrogen and oxygen atoms in total. The van der Waals surface area contributed by atoms with E-state index in [1.54, 1.807) is 14.2 Å². The largest absolute Gasteiger partial charge is 0.465 e. The van der Waals surface area contributed by atoms with E-state index in [0.717, 1.165) is 62.5 Å². The average Bonchev–Trinajstić information content (AvgIpc) is 3.92. The molecule has 61 heavy (non-hydrogen) atoms. The Bertz CT molecular complexity index is 1590. The molecule has 342 valence electrons. The van der Waals surface area contributed by atoms with Crippen molar-refractivity contribution in [1.29, 1.82) is 0 Å². The summed E-state index contributed by atoms with van der Waals surface area (Å²) in [4.78, 5) is 26.6. The molecular weight excluding hydrogens is 787 g/mol. The third-order valence-electron chi connectivity index (χ3n) is 15.4. The van der Waals surface area contributed by atoms with Crippen molar-refractivity contribution >= 4 is 11.8 Å². The zero-order valence-electron chi connectivity index (χ0n) is 36.8. The quantitative estimate of drug-likeness (QED) is 0.168. The molecule has 19 atom stereocenters. The molecule has 10 heterocycles. The highest BCUT2D eigenvalue weighted by atomic mass is 16.8. The van der Waals surface area contributed by atoms with Crippen LogP contribution in [0.25, 0.3) is 0 Å². The molecule has 0 aliphatic carbocycles. The van der Waals surface area contributed by atoms with E-state index in [4.69, 9.17) is 52.1 Å². The number of methoxy groups -OCH3 is 2. The highest BCUT2D eigenvalue weighted by molar-refractivity contribution is 5.79. The molecule has 10 saturated heterocycles. The lowest BCUT2D eigenvalue weighted by molar-refractivity contribution is -0.292. The van der Waals surface area contributed by atoms with Crippen molar-refractivity contribution in [2.24, 2.45) is 11.8 Å². The summed E-state index contributed by atoms with van der Waals surface area (Å²) >= 11 is 0. The Labute approximate surface area is 361 Å². The van der Waals surface area contributed by atoms with Crippen LogP contribution in [-0.2, 0) is 61.7 Å². The lowest BCUT2D eigenvalue weighted by Crippen LogP contribution is -2.61. The van der Waals surface area contributed by atoms with Crippen LogP contribution in [0, 0.1) is 11.8 Å². The van der Waals surface area contributed by atoms with Crippen LogP contribution in [0.5, 0.6) is 0 Å². The summed E-state index contributed by atoms with van der Waals surface area (Å²) in [6.45, 7) is 14.2. The number of fused-ring (bicyclic) bond motifs is 6. The van der Waals surface area contributed by atoms with Gasteiger partial charge in [0.25, 0.3) is 0 Å². The third kappa shape index (κ3) is 9.34. The van der Waals surface area contributed by atoms with Gasteiger partial charge in [-0.3, -0.25) is 9.59 Å². The van der Waals surface area contributed by atoms with Gasteiger partial charge in [0.15, 0.2) is 5.79 Å². The molecule has 10 aliphatic heterocycles. The molecule has 0 amide bonds. The Hall–Kier alpha value is -1.82. The minimum atomic E-state index is -0.793. The number of hydrogen-bond acceptors (Lipinski definition) is 14.